The molecular weight excluding hydrogens is 387 g/mol. The normalized spacial score (nSPS) is 10.7. The van der Waals surface area contributed by atoms with Gasteiger partial charge in [0.1, 0.15) is 15.9 Å². The third-order valence-electron chi connectivity index (χ3n) is 4.42. The molecule has 2 amide bonds. The maximum absolute atomic E-state index is 13.0. The Kier molecular flexibility index (Phi) is 6.47. The Morgan fingerprint density at radius 3 is 1.38 bits per heavy atom. The summed E-state index contributed by atoms with van der Waals surface area (Å²) in [5.41, 5.74) is 2.60. The molecule has 3 aromatic carbocycles. The predicted molar refractivity (Wildman–Crippen MR) is 115 cm³/mol. The van der Waals surface area contributed by atoms with Crippen LogP contribution in [0.25, 0.3) is 0 Å². The number of carbonyl (C=O) groups excluding carboxylic acids is 2. The summed E-state index contributed by atoms with van der Waals surface area (Å²) in [6.07, 6.45) is -1.46. The molecule has 3 rings (SSSR count). The highest BCUT2D eigenvalue weighted by molar-refractivity contribution is 7.94. The van der Waals surface area contributed by atoms with Crippen LogP contribution < -0.4 is 21.3 Å². The first-order chi connectivity index (χ1) is 14.1. The molecule has 0 unspecified atom stereocenters. The van der Waals surface area contributed by atoms with Gasteiger partial charge in [0, 0.05) is 0 Å². The van der Waals surface area contributed by atoms with E-state index in [1.807, 2.05) is 91.0 Å². The van der Waals surface area contributed by atoms with Gasteiger partial charge in [-0.2, -0.15) is 5.43 Å². The van der Waals surface area contributed by atoms with Gasteiger partial charge in [-0.15, -0.1) is 0 Å². The van der Waals surface area contributed by atoms with E-state index >= 15 is 0 Å². The number of hydrazine groups is 1. The molecule has 0 saturated carbocycles. The molecule has 0 heterocycles. The number of nitrogens with one attached hydrogen (secondary N) is 1. The van der Waals surface area contributed by atoms with E-state index < -0.39 is 19.6 Å². The van der Waals surface area contributed by atoms with Crippen molar-refractivity contribution in [2.24, 2.45) is 0 Å². The minimum absolute atomic E-state index is 0.694. The second-order valence-corrected chi connectivity index (χ2v) is 9.25. The molecule has 6 nitrogen and oxygen atoms in total. The number of carbonyl (C=O) groups is 2. The average molecular weight is 409 g/mol. The molecular formula is C22H22N2O4P+. The summed E-state index contributed by atoms with van der Waals surface area (Å²) in [5, 5.41) is 2.62. The summed E-state index contributed by atoms with van der Waals surface area (Å²) >= 11 is 0. The second kappa shape index (κ2) is 9.22. The Morgan fingerprint density at radius 2 is 1.07 bits per heavy atom. The zero-order valence-electron chi connectivity index (χ0n) is 16.2. The van der Waals surface area contributed by atoms with Gasteiger partial charge in [-0.25, -0.2) is 9.59 Å². The van der Waals surface area contributed by atoms with Crippen molar-refractivity contribution in [1.82, 2.24) is 10.2 Å². The molecule has 0 aliphatic carbocycles. The third-order valence-corrected chi connectivity index (χ3v) is 8.42. The predicted octanol–water partition coefficient (Wildman–Crippen LogP) is 3.23. The van der Waals surface area contributed by atoms with Crippen molar-refractivity contribution in [3.05, 3.63) is 91.0 Å². The molecule has 0 spiro atoms. The van der Waals surface area contributed by atoms with Gasteiger partial charge in [0.05, 0.1) is 14.2 Å². The van der Waals surface area contributed by atoms with E-state index in [4.69, 9.17) is 9.47 Å². The monoisotopic (exact) mass is 409 g/mol. The Morgan fingerprint density at radius 1 is 0.690 bits per heavy atom. The van der Waals surface area contributed by atoms with Crippen LogP contribution in [0, 0.1) is 0 Å². The summed E-state index contributed by atoms with van der Waals surface area (Å²) < 4.78 is 11.1. The Labute approximate surface area is 170 Å². The van der Waals surface area contributed by atoms with Crippen molar-refractivity contribution in [1.29, 1.82) is 0 Å². The Balaban J connectivity index is 2.40. The SMILES string of the molecule is COC(=O)NN(C(=O)OC)[P+](c1ccccc1)(c1ccccc1)c1ccccc1. The molecule has 1 N–H and O–H groups in total. The summed E-state index contributed by atoms with van der Waals surface area (Å²) in [6.45, 7) is 0. The Bertz CT molecular complexity index is 856. The summed E-state index contributed by atoms with van der Waals surface area (Å²) in [6, 6.07) is 28.8. The summed E-state index contributed by atoms with van der Waals surface area (Å²) in [7, 11) is -0.326. The van der Waals surface area contributed by atoms with Crippen molar-refractivity contribution < 1.29 is 19.1 Å². The minimum atomic E-state index is -2.86. The van der Waals surface area contributed by atoms with Gasteiger partial charge in [0.25, 0.3) is 0 Å². The lowest BCUT2D eigenvalue weighted by Crippen LogP contribution is -2.54. The van der Waals surface area contributed by atoms with Gasteiger partial charge in [-0.05, 0) is 36.4 Å². The quantitative estimate of drug-likeness (QED) is 0.531. The molecule has 148 valence electrons. The third kappa shape index (κ3) is 3.93. The lowest BCUT2D eigenvalue weighted by Gasteiger charge is -2.34. The number of ether oxygens (including phenoxy) is 2. The molecule has 0 aliphatic rings. The number of hydrogen-bond donors (Lipinski definition) is 1. The van der Waals surface area contributed by atoms with Gasteiger partial charge >= 0.3 is 12.2 Å². The van der Waals surface area contributed by atoms with Crippen molar-refractivity contribution in [2.75, 3.05) is 14.2 Å². The highest BCUT2D eigenvalue weighted by atomic mass is 31.2. The van der Waals surface area contributed by atoms with Crippen LogP contribution in [0.1, 0.15) is 0 Å². The molecule has 0 aliphatic heterocycles. The number of nitrogens with zero attached hydrogens (tertiary/aromatic N) is 1. The molecule has 0 saturated heterocycles. The first-order valence-electron chi connectivity index (χ1n) is 8.93. The zero-order chi connectivity index (χ0) is 20.7. The minimum Gasteiger partial charge on any atom is -0.452 e. The molecule has 7 heteroatoms. The van der Waals surface area contributed by atoms with E-state index in [-0.39, 0.29) is 0 Å². The number of hydrogen-bond acceptors (Lipinski definition) is 4. The van der Waals surface area contributed by atoms with Crippen LogP contribution >= 0.6 is 7.41 Å². The van der Waals surface area contributed by atoms with E-state index in [1.165, 1.54) is 19.0 Å². The first-order valence-corrected chi connectivity index (χ1v) is 10.7. The number of amides is 2. The van der Waals surface area contributed by atoms with Gasteiger partial charge in [-0.1, -0.05) is 59.4 Å². The number of benzene rings is 3. The topological polar surface area (TPSA) is 67.9 Å². The Hall–Kier alpha value is -3.37. The molecule has 3 aromatic rings. The fourth-order valence-electron chi connectivity index (χ4n) is 3.19. The number of methoxy groups -OCH3 is 2. The van der Waals surface area contributed by atoms with Crippen LogP contribution in [-0.2, 0) is 9.47 Å². The van der Waals surface area contributed by atoms with Crippen molar-refractivity contribution >= 4 is 35.5 Å². The first kappa shape index (κ1) is 20.4. The van der Waals surface area contributed by atoms with Crippen molar-refractivity contribution in [2.45, 2.75) is 0 Å². The van der Waals surface area contributed by atoms with Crippen molar-refractivity contribution in [3.63, 3.8) is 0 Å². The van der Waals surface area contributed by atoms with Crippen LogP contribution in [0.3, 0.4) is 0 Å². The van der Waals surface area contributed by atoms with Crippen LogP contribution in [0.4, 0.5) is 9.59 Å². The van der Waals surface area contributed by atoms with Crippen molar-refractivity contribution in [3.8, 4) is 0 Å². The molecule has 0 bridgehead atoms. The fraction of sp³-hybridized carbons (Fsp3) is 0.0909. The number of rotatable bonds is 4. The van der Waals surface area contributed by atoms with Gasteiger partial charge in [0.15, 0.2) is 0 Å². The lowest BCUT2D eigenvalue weighted by molar-refractivity contribution is 0.122. The van der Waals surface area contributed by atoms with Crippen LogP contribution in [-0.4, -0.2) is 31.2 Å². The van der Waals surface area contributed by atoms with Crippen LogP contribution in [0.5, 0.6) is 0 Å². The highest BCUT2D eigenvalue weighted by Crippen LogP contribution is 2.57. The molecule has 0 fully saturated rings. The molecule has 29 heavy (non-hydrogen) atoms. The van der Waals surface area contributed by atoms with Gasteiger partial charge < -0.3 is 9.47 Å². The molecule has 0 atom stereocenters. The average Bonchev–Trinajstić information content (AvgIpc) is 2.80. The summed E-state index contributed by atoms with van der Waals surface area (Å²) in [4.78, 5) is 25.2. The van der Waals surface area contributed by atoms with E-state index in [9.17, 15) is 9.59 Å². The van der Waals surface area contributed by atoms with E-state index in [0.717, 1.165) is 15.9 Å². The molecule has 0 radical (unpaired) electrons. The van der Waals surface area contributed by atoms with Gasteiger partial charge in [-0.3, -0.25) is 0 Å². The largest absolute Gasteiger partial charge is 0.462 e. The maximum atomic E-state index is 13.0. The van der Waals surface area contributed by atoms with Crippen LogP contribution in [0.2, 0.25) is 0 Å². The fourth-order valence-corrected chi connectivity index (χ4v) is 7.14. The smallest absolute Gasteiger partial charge is 0.452 e. The standard InChI is InChI=1S/C22H21N2O4P/c1-27-21(25)23-24(22(26)28-2)29(18-12-6-3-7-13-18,19-14-8-4-9-15-19)20-16-10-5-11-17-20/h3-17H,1-2H3/p+1. The van der Waals surface area contributed by atoms with Gasteiger partial charge in [0.2, 0.25) is 7.41 Å². The molecule has 0 aromatic heterocycles. The van der Waals surface area contributed by atoms with E-state index in [0.29, 0.717) is 0 Å². The maximum Gasteiger partial charge on any atom is 0.462 e. The van der Waals surface area contributed by atoms with E-state index in [1.54, 1.807) is 0 Å². The lowest BCUT2D eigenvalue weighted by atomic mass is 10.4. The highest BCUT2D eigenvalue weighted by Gasteiger charge is 2.56. The summed E-state index contributed by atoms with van der Waals surface area (Å²) in [5.74, 6) is 0. The van der Waals surface area contributed by atoms with Crippen LogP contribution in [0.15, 0.2) is 91.0 Å². The zero-order valence-corrected chi connectivity index (χ0v) is 17.1. The van der Waals surface area contributed by atoms with E-state index in [2.05, 4.69) is 5.43 Å². The second-order valence-electron chi connectivity index (χ2n) is 6.03.